The zero-order valence-corrected chi connectivity index (χ0v) is 14.4. The molecule has 0 aliphatic heterocycles. The van der Waals surface area contributed by atoms with E-state index in [9.17, 15) is 9.59 Å². The molecule has 2 aromatic heterocycles. The van der Waals surface area contributed by atoms with Gasteiger partial charge < -0.3 is 9.73 Å². The number of nitrogens with one attached hydrogen (secondary N) is 1. The molecule has 1 N–H and O–H groups in total. The van der Waals surface area contributed by atoms with Crippen LogP contribution in [0.2, 0.25) is 0 Å². The second-order valence-corrected chi connectivity index (χ2v) is 6.27. The van der Waals surface area contributed by atoms with Gasteiger partial charge in [-0.3, -0.25) is 14.2 Å². The van der Waals surface area contributed by atoms with Crippen molar-refractivity contribution in [2.45, 2.75) is 20.4 Å². The first-order valence-electron chi connectivity index (χ1n) is 8.27. The van der Waals surface area contributed by atoms with Crippen LogP contribution >= 0.6 is 0 Å². The number of amides is 1. The molecule has 6 nitrogen and oxygen atoms in total. The topological polar surface area (TPSA) is 77.1 Å². The Bertz CT molecular complexity index is 1180. The van der Waals surface area contributed by atoms with Gasteiger partial charge in [-0.15, -0.1) is 0 Å². The van der Waals surface area contributed by atoms with E-state index in [0.29, 0.717) is 11.1 Å². The number of carbonyl (C=O) groups is 1. The summed E-state index contributed by atoms with van der Waals surface area (Å²) in [5.74, 6) is -0.290. The van der Waals surface area contributed by atoms with Gasteiger partial charge in [0, 0.05) is 11.1 Å². The fourth-order valence-electron chi connectivity index (χ4n) is 3.07. The third kappa shape index (κ3) is 2.65. The van der Waals surface area contributed by atoms with Crippen LogP contribution in [0.4, 0.5) is 5.69 Å². The molecule has 0 aliphatic carbocycles. The third-order valence-corrected chi connectivity index (χ3v) is 4.41. The summed E-state index contributed by atoms with van der Waals surface area (Å²) >= 11 is 0. The normalized spacial score (nSPS) is 11.2. The minimum Gasteiger partial charge on any atom is -0.448 e. The van der Waals surface area contributed by atoms with Crippen molar-refractivity contribution in [3.63, 3.8) is 0 Å². The van der Waals surface area contributed by atoms with Crippen LogP contribution in [0.15, 0.2) is 58.0 Å². The van der Waals surface area contributed by atoms with Crippen molar-refractivity contribution in [1.29, 1.82) is 0 Å². The number of anilines is 1. The number of aromatic nitrogens is 2. The lowest BCUT2D eigenvalue weighted by Gasteiger charge is -2.12. The maximum Gasteiger partial charge on any atom is 0.297 e. The number of rotatable bonds is 3. The third-order valence-electron chi connectivity index (χ3n) is 4.41. The summed E-state index contributed by atoms with van der Waals surface area (Å²) in [4.78, 5) is 29.4. The second kappa shape index (κ2) is 6.15. The first kappa shape index (κ1) is 16.1. The van der Waals surface area contributed by atoms with Gasteiger partial charge >= 0.3 is 0 Å². The summed E-state index contributed by atoms with van der Waals surface area (Å²) in [5, 5.41) is 3.66. The number of furan rings is 1. The molecule has 1 amide bonds. The number of fused-ring (bicyclic) bond motifs is 3. The van der Waals surface area contributed by atoms with Crippen molar-refractivity contribution in [3.05, 3.63) is 70.3 Å². The SMILES string of the molecule is Cc1cccc(C)c1NC(=O)Cn1cnc2c(oc3ccccc32)c1=O. The Morgan fingerprint density at radius 2 is 1.85 bits per heavy atom. The van der Waals surface area contributed by atoms with Crippen molar-refractivity contribution in [2.75, 3.05) is 5.32 Å². The predicted molar refractivity (Wildman–Crippen MR) is 100 cm³/mol. The van der Waals surface area contributed by atoms with Crippen LogP contribution in [0.25, 0.3) is 22.1 Å². The van der Waals surface area contributed by atoms with Crippen LogP contribution in [-0.2, 0) is 11.3 Å². The highest BCUT2D eigenvalue weighted by Gasteiger charge is 2.15. The molecule has 0 saturated carbocycles. The van der Waals surface area contributed by atoms with Crippen molar-refractivity contribution in [1.82, 2.24) is 9.55 Å². The second-order valence-electron chi connectivity index (χ2n) is 6.27. The predicted octanol–water partition coefficient (Wildman–Crippen LogP) is 3.40. The Morgan fingerprint density at radius 3 is 2.62 bits per heavy atom. The van der Waals surface area contributed by atoms with E-state index in [0.717, 1.165) is 22.2 Å². The number of para-hydroxylation sites is 2. The summed E-state index contributed by atoms with van der Waals surface area (Å²) in [6, 6.07) is 13.1. The smallest absolute Gasteiger partial charge is 0.297 e. The quantitative estimate of drug-likeness (QED) is 0.616. The molecule has 26 heavy (non-hydrogen) atoms. The lowest BCUT2D eigenvalue weighted by molar-refractivity contribution is -0.116. The van der Waals surface area contributed by atoms with Crippen LogP contribution in [0.3, 0.4) is 0 Å². The average molecular weight is 347 g/mol. The lowest BCUT2D eigenvalue weighted by Crippen LogP contribution is -2.28. The van der Waals surface area contributed by atoms with Crippen molar-refractivity contribution in [2.24, 2.45) is 0 Å². The zero-order chi connectivity index (χ0) is 18.3. The number of benzene rings is 2. The Balaban J connectivity index is 1.67. The van der Waals surface area contributed by atoms with Crippen LogP contribution in [-0.4, -0.2) is 15.5 Å². The van der Waals surface area contributed by atoms with Crippen LogP contribution in [0.1, 0.15) is 11.1 Å². The van der Waals surface area contributed by atoms with Crippen LogP contribution in [0.5, 0.6) is 0 Å². The van der Waals surface area contributed by atoms with E-state index >= 15 is 0 Å². The molecule has 2 aromatic carbocycles. The molecular formula is C20H17N3O3. The molecule has 0 bridgehead atoms. The fraction of sp³-hybridized carbons (Fsp3) is 0.150. The standard InChI is InChI=1S/C20H17N3O3/c1-12-6-5-7-13(2)17(12)22-16(24)10-23-11-21-18-14-8-3-4-9-15(14)26-19(18)20(23)25/h3-9,11H,10H2,1-2H3,(H,22,24). The van der Waals surface area contributed by atoms with E-state index in [4.69, 9.17) is 4.42 Å². The molecule has 0 saturated heterocycles. The van der Waals surface area contributed by atoms with Gasteiger partial charge in [0.1, 0.15) is 17.6 Å². The van der Waals surface area contributed by atoms with E-state index in [-0.39, 0.29) is 23.6 Å². The highest BCUT2D eigenvalue weighted by Crippen LogP contribution is 2.24. The number of carbonyl (C=O) groups excluding carboxylic acids is 1. The monoisotopic (exact) mass is 347 g/mol. The molecule has 4 aromatic rings. The largest absolute Gasteiger partial charge is 0.448 e. The Labute approximate surface area is 149 Å². The minimum absolute atomic E-state index is 0.132. The molecular weight excluding hydrogens is 330 g/mol. The molecule has 0 atom stereocenters. The number of nitrogens with zero attached hydrogens (tertiary/aromatic N) is 2. The molecule has 0 radical (unpaired) electrons. The molecule has 0 spiro atoms. The van der Waals surface area contributed by atoms with Crippen molar-refractivity contribution >= 4 is 33.7 Å². The zero-order valence-electron chi connectivity index (χ0n) is 14.4. The highest BCUT2D eigenvalue weighted by atomic mass is 16.3. The van der Waals surface area contributed by atoms with Crippen molar-refractivity contribution in [3.8, 4) is 0 Å². The Morgan fingerprint density at radius 1 is 1.12 bits per heavy atom. The van der Waals surface area contributed by atoms with Gasteiger partial charge in [-0.05, 0) is 37.1 Å². The van der Waals surface area contributed by atoms with Gasteiger partial charge in [-0.2, -0.15) is 0 Å². The summed E-state index contributed by atoms with van der Waals surface area (Å²) < 4.78 is 6.89. The molecule has 0 aliphatic rings. The summed E-state index contributed by atoms with van der Waals surface area (Å²) in [5.41, 5.74) is 3.61. The molecule has 0 unspecified atom stereocenters. The van der Waals surface area contributed by atoms with E-state index in [1.807, 2.05) is 50.2 Å². The summed E-state index contributed by atoms with van der Waals surface area (Å²) in [6.07, 6.45) is 1.39. The first-order chi connectivity index (χ1) is 12.5. The molecule has 130 valence electrons. The lowest BCUT2D eigenvalue weighted by atomic mass is 10.1. The summed E-state index contributed by atoms with van der Waals surface area (Å²) in [6.45, 7) is 3.72. The minimum atomic E-state index is -0.372. The summed E-state index contributed by atoms with van der Waals surface area (Å²) in [7, 11) is 0. The fourth-order valence-corrected chi connectivity index (χ4v) is 3.07. The van der Waals surface area contributed by atoms with E-state index in [1.54, 1.807) is 6.07 Å². The van der Waals surface area contributed by atoms with Crippen LogP contribution in [0, 0.1) is 13.8 Å². The van der Waals surface area contributed by atoms with Crippen LogP contribution < -0.4 is 10.9 Å². The highest BCUT2D eigenvalue weighted by molar-refractivity contribution is 6.01. The average Bonchev–Trinajstić information content (AvgIpc) is 3.00. The van der Waals surface area contributed by atoms with Crippen molar-refractivity contribution < 1.29 is 9.21 Å². The van der Waals surface area contributed by atoms with Gasteiger partial charge in [0.2, 0.25) is 11.5 Å². The number of hydrogen-bond acceptors (Lipinski definition) is 4. The molecule has 0 fully saturated rings. The maximum atomic E-state index is 12.7. The number of aryl methyl sites for hydroxylation is 2. The van der Waals surface area contributed by atoms with E-state index < -0.39 is 0 Å². The van der Waals surface area contributed by atoms with E-state index in [2.05, 4.69) is 10.3 Å². The number of hydrogen-bond donors (Lipinski definition) is 1. The van der Waals surface area contributed by atoms with Gasteiger partial charge in [0.25, 0.3) is 5.56 Å². The first-order valence-corrected chi connectivity index (χ1v) is 8.27. The van der Waals surface area contributed by atoms with Gasteiger partial charge in [-0.25, -0.2) is 4.98 Å². The Kier molecular flexibility index (Phi) is 3.80. The Hall–Kier alpha value is -3.41. The van der Waals surface area contributed by atoms with Gasteiger partial charge in [0.05, 0.1) is 6.33 Å². The molecule has 2 heterocycles. The van der Waals surface area contributed by atoms with Gasteiger partial charge in [-0.1, -0.05) is 30.3 Å². The van der Waals surface area contributed by atoms with Gasteiger partial charge in [0.15, 0.2) is 0 Å². The van der Waals surface area contributed by atoms with E-state index in [1.165, 1.54) is 10.9 Å². The molecule has 4 rings (SSSR count). The maximum absolute atomic E-state index is 12.7. The molecule has 6 heteroatoms.